The van der Waals surface area contributed by atoms with Crippen molar-refractivity contribution >= 4 is 12.0 Å². The van der Waals surface area contributed by atoms with Crippen LogP contribution in [-0.4, -0.2) is 66.2 Å². The average Bonchev–Trinajstić information content (AvgIpc) is 2.70. The largest absolute Gasteiger partial charge is 0.480 e. The highest BCUT2D eigenvalue weighted by atomic mass is 16.4. The first-order valence-corrected chi connectivity index (χ1v) is 6.81. The number of carbonyl (C=O) groups is 2. The lowest BCUT2D eigenvalue weighted by Crippen LogP contribution is -2.47. The standard InChI is InChI=1S/C13H25N3O3/c1-5-6-10(12(17)18)14-13(19)16-7-9(2)11(8-16)15(3)4/h9-11H,5-8H2,1-4H3,(H,14,19)(H,17,18)/t9?,10-,11?/m1/s1. The van der Waals surface area contributed by atoms with Crippen molar-refractivity contribution < 1.29 is 14.7 Å². The Hall–Kier alpha value is -1.30. The summed E-state index contributed by atoms with van der Waals surface area (Å²) in [6.45, 7) is 5.34. The van der Waals surface area contributed by atoms with Crippen LogP contribution in [0.25, 0.3) is 0 Å². The van der Waals surface area contributed by atoms with E-state index in [4.69, 9.17) is 5.11 Å². The minimum atomic E-state index is -0.966. The molecule has 19 heavy (non-hydrogen) atoms. The molecule has 2 amide bonds. The molecule has 0 aliphatic carbocycles. The number of urea groups is 1. The Bertz CT molecular complexity index is 333. The number of carboxylic acid groups (broad SMARTS) is 1. The van der Waals surface area contributed by atoms with E-state index in [2.05, 4.69) is 17.1 Å². The molecular weight excluding hydrogens is 246 g/mol. The van der Waals surface area contributed by atoms with Gasteiger partial charge in [0.1, 0.15) is 6.04 Å². The summed E-state index contributed by atoms with van der Waals surface area (Å²) in [5, 5.41) is 11.7. The van der Waals surface area contributed by atoms with Crippen molar-refractivity contribution in [2.24, 2.45) is 5.92 Å². The predicted molar refractivity (Wildman–Crippen MR) is 73.1 cm³/mol. The van der Waals surface area contributed by atoms with E-state index in [-0.39, 0.29) is 6.03 Å². The van der Waals surface area contributed by atoms with Gasteiger partial charge in [-0.15, -0.1) is 0 Å². The second-order valence-electron chi connectivity index (χ2n) is 5.54. The topological polar surface area (TPSA) is 72.9 Å². The van der Waals surface area contributed by atoms with Crippen molar-refractivity contribution in [2.45, 2.75) is 38.8 Å². The molecular formula is C13H25N3O3. The van der Waals surface area contributed by atoms with Gasteiger partial charge in [-0.05, 0) is 26.4 Å². The molecule has 0 aromatic rings. The summed E-state index contributed by atoms with van der Waals surface area (Å²) in [4.78, 5) is 26.9. The van der Waals surface area contributed by atoms with Crippen LogP contribution in [0.1, 0.15) is 26.7 Å². The highest BCUT2D eigenvalue weighted by molar-refractivity contribution is 5.82. The van der Waals surface area contributed by atoms with Crippen LogP contribution in [0.2, 0.25) is 0 Å². The Morgan fingerprint density at radius 1 is 1.42 bits per heavy atom. The smallest absolute Gasteiger partial charge is 0.326 e. The van der Waals surface area contributed by atoms with E-state index in [1.807, 2.05) is 21.0 Å². The van der Waals surface area contributed by atoms with Gasteiger partial charge in [-0.1, -0.05) is 20.3 Å². The van der Waals surface area contributed by atoms with E-state index in [0.717, 1.165) is 6.42 Å². The van der Waals surface area contributed by atoms with E-state index in [1.165, 1.54) is 0 Å². The van der Waals surface area contributed by atoms with Gasteiger partial charge < -0.3 is 20.2 Å². The first kappa shape index (κ1) is 15.8. The Morgan fingerprint density at radius 2 is 2.05 bits per heavy atom. The molecule has 2 unspecified atom stereocenters. The molecule has 0 bridgehead atoms. The van der Waals surface area contributed by atoms with E-state index in [0.29, 0.717) is 31.5 Å². The monoisotopic (exact) mass is 271 g/mol. The third-order valence-electron chi connectivity index (χ3n) is 3.70. The second-order valence-corrected chi connectivity index (χ2v) is 5.54. The molecule has 1 aliphatic rings. The number of hydrogen-bond acceptors (Lipinski definition) is 3. The minimum absolute atomic E-state index is 0.267. The zero-order valence-electron chi connectivity index (χ0n) is 12.2. The van der Waals surface area contributed by atoms with Gasteiger partial charge in [0, 0.05) is 19.1 Å². The molecule has 1 fully saturated rings. The lowest BCUT2D eigenvalue weighted by atomic mass is 10.1. The third kappa shape index (κ3) is 4.09. The van der Waals surface area contributed by atoms with Gasteiger partial charge in [-0.2, -0.15) is 0 Å². The summed E-state index contributed by atoms with van der Waals surface area (Å²) in [5.74, 6) is -0.568. The highest BCUT2D eigenvalue weighted by Gasteiger charge is 2.34. The fourth-order valence-electron chi connectivity index (χ4n) is 2.57. The summed E-state index contributed by atoms with van der Waals surface area (Å²) in [5.41, 5.74) is 0. The van der Waals surface area contributed by atoms with Crippen LogP contribution in [0.4, 0.5) is 4.79 Å². The summed E-state index contributed by atoms with van der Waals surface area (Å²) >= 11 is 0. The van der Waals surface area contributed by atoms with E-state index >= 15 is 0 Å². The number of likely N-dealkylation sites (tertiary alicyclic amines) is 1. The van der Waals surface area contributed by atoms with Gasteiger partial charge in [0.2, 0.25) is 0 Å². The molecule has 0 radical (unpaired) electrons. The third-order valence-corrected chi connectivity index (χ3v) is 3.70. The van der Waals surface area contributed by atoms with E-state index in [9.17, 15) is 9.59 Å². The fraction of sp³-hybridized carbons (Fsp3) is 0.846. The fourth-order valence-corrected chi connectivity index (χ4v) is 2.57. The van der Waals surface area contributed by atoms with Gasteiger partial charge in [0.05, 0.1) is 0 Å². The molecule has 1 saturated heterocycles. The number of likely N-dealkylation sites (N-methyl/N-ethyl adjacent to an activating group) is 1. The molecule has 0 aromatic heterocycles. The number of nitrogens with zero attached hydrogens (tertiary/aromatic N) is 2. The highest BCUT2D eigenvalue weighted by Crippen LogP contribution is 2.20. The Morgan fingerprint density at radius 3 is 2.47 bits per heavy atom. The number of rotatable bonds is 5. The van der Waals surface area contributed by atoms with E-state index < -0.39 is 12.0 Å². The van der Waals surface area contributed by atoms with Crippen LogP contribution in [0.5, 0.6) is 0 Å². The maximum absolute atomic E-state index is 12.1. The zero-order valence-corrected chi connectivity index (χ0v) is 12.2. The maximum atomic E-state index is 12.1. The molecule has 1 aliphatic heterocycles. The van der Waals surface area contributed by atoms with Crippen molar-refractivity contribution in [1.29, 1.82) is 0 Å². The molecule has 1 heterocycles. The van der Waals surface area contributed by atoms with Crippen LogP contribution in [0.15, 0.2) is 0 Å². The summed E-state index contributed by atoms with van der Waals surface area (Å²) in [6.07, 6.45) is 1.19. The molecule has 0 spiro atoms. The van der Waals surface area contributed by atoms with Gasteiger partial charge in [0.15, 0.2) is 0 Å². The molecule has 110 valence electrons. The van der Waals surface area contributed by atoms with Crippen LogP contribution in [0.3, 0.4) is 0 Å². The SMILES string of the molecule is CCC[C@@H](NC(=O)N1CC(C)C(N(C)C)C1)C(=O)O. The van der Waals surface area contributed by atoms with Gasteiger partial charge >= 0.3 is 12.0 Å². The lowest BCUT2D eigenvalue weighted by Gasteiger charge is -2.23. The molecule has 6 nitrogen and oxygen atoms in total. The predicted octanol–water partition coefficient (Wildman–Crippen LogP) is 0.831. The summed E-state index contributed by atoms with van der Waals surface area (Å²) in [7, 11) is 4.00. The number of carbonyl (C=O) groups excluding carboxylic acids is 1. The van der Waals surface area contributed by atoms with Crippen LogP contribution in [0, 0.1) is 5.92 Å². The molecule has 6 heteroatoms. The molecule has 2 N–H and O–H groups in total. The maximum Gasteiger partial charge on any atom is 0.326 e. The number of carboxylic acids is 1. The van der Waals surface area contributed by atoms with Crippen molar-refractivity contribution in [3.63, 3.8) is 0 Å². The Labute approximate surface area is 114 Å². The van der Waals surface area contributed by atoms with Crippen LogP contribution < -0.4 is 5.32 Å². The number of nitrogens with one attached hydrogen (secondary N) is 1. The van der Waals surface area contributed by atoms with Gasteiger partial charge in [-0.25, -0.2) is 9.59 Å². The quantitative estimate of drug-likeness (QED) is 0.777. The lowest BCUT2D eigenvalue weighted by molar-refractivity contribution is -0.139. The van der Waals surface area contributed by atoms with Crippen LogP contribution in [-0.2, 0) is 4.79 Å². The Kier molecular flexibility index (Phi) is 5.60. The number of hydrogen-bond donors (Lipinski definition) is 2. The first-order valence-electron chi connectivity index (χ1n) is 6.81. The van der Waals surface area contributed by atoms with Crippen molar-refractivity contribution in [3.8, 4) is 0 Å². The Balaban J connectivity index is 2.57. The van der Waals surface area contributed by atoms with Gasteiger partial charge in [0.25, 0.3) is 0 Å². The second kappa shape index (κ2) is 6.75. The molecule has 0 saturated carbocycles. The van der Waals surface area contributed by atoms with E-state index in [1.54, 1.807) is 4.90 Å². The normalized spacial score (nSPS) is 24.6. The number of amides is 2. The molecule has 1 rings (SSSR count). The van der Waals surface area contributed by atoms with Crippen molar-refractivity contribution in [1.82, 2.24) is 15.1 Å². The summed E-state index contributed by atoms with van der Waals surface area (Å²) in [6, 6.07) is -0.719. The van der Waals surface area contributed by atoms with Gasteiger partial charge in [-0.3, -0.25) is 0 Å². The zero-order chi connectivity index (χ0) is 14.6. The van der Waals surface area contributed by atoms with Crippen LogP contribution >= 0.6 is 0 Å². The van der Waals surface area contributed by atoms with Crippen molar-refractivity contribution in [2.75, 3.05) is 27.2 Å². The summed E-state index contributed by atoms with van der Waals surface area (Å²) < 4.78 is 0. The first-order chi connectivity index (χ1) is 8.86. The average molecular weight is 271 g/mol. The molecule has 0 aromatic carbocycles. The minimum Gasteiger partial charge on any atom is -0.480 e. The number of aliphatic carboxylic acids is 1. The van der Waals surface area contributed by atoms with Crippen molar-refractivity contribution in [3.05, 3.63) is 0 Å². The molecule has 3 atom stereocenters.